The Bertz CT molecular complexity index is 291. The average molecular weight is 262 g/mol. The van der Waals surface area contributed by atoms with Crippen LogP contribution < -0.4 is 5.32 Å². The normalized spacial score (nSPS) is 15.6. The molecule has 0 heterocycles. The Kier molecular flexibility index (Phi) is 6.64. The first-order valence-electron chi connectivity index (χ1n) is 5.75. The Hall–Kier alpha value is -1.34. The van der Waals surface area contributed by atoms with Crippen molar-refractivity contribution in [3.63, 3.8) is 0 Å². The second kappa shape index (κ2) is 7.17. The highest BCUT2D eigenvalue weighted by atomic mass is 16.4. The summed E-state index contributed by atoms with van der Waals surface area (Å²) in [7, 11) is 1.56. The molecule has 0 radical (unpaired) electrons. The van der Waals surface area contributed by atoms with E-state index in [0.29, 0.717) is 13.0 Å². The molecular weight excluding hydrogens is 240 g/mol. The number of carbonyl (C=O) groups excluding carboxylic acids is 1. The van der Waals surface area contributed by atoms with E-state index < -0.39 is 30.1 Å². The van der Waals surface area contributed by atoms with Crippen LogP contribution in [0, 0.1) is 0 Å². The maximum Gasteiger partial charge on any atom is 0.317 e. The molecule has 0 rings (SSSR count). The summed E-state index contributed by atoms with van der Waals surface area (Å²) in [6, 6.07) is -0.415. The number of carboxylic acids is 1. The van der Waals surface area contributed by atoms with Crippen LogP contribution in [0.2, 0.25) is 0 Å². The predicted molar refractivity (Wildman–Crippen MR) is 65.2 cm³/mol. The van der Waals surface area contributed by atoms with E-state index in [-0.39, 0.29) is 6.54 Å². The smallest absolute Gasteiger partial charge is 0.317 e. The molecule has 0 bridgehead atoms. The van der Waals surface area contributed by atoms with Crippen molar-refractivity contribution in [2.45, 2.75) is 38.4 Å². The van der Waals surface area contributed by atoms with Gasteiger partial charge in [-0.15, -0.1) is 0 Å². The quantitative estimate of drug-likeness (QED) is 0.500. The van der Waals surface area contributed by atoms with Gasteiger partial charge in [0.2, 0.25) is 0 Å². The predicted octanol–water partition coefficient (Wildman–Crippen LogP) is -0.376. The lowest BCUT2D eigenvalue weighted by Crippen LogP contribution is -2.46. The van der Waals surface area contributed by atoms with E-state index in [2.05, 4.69) is 5.32 Å². The van der Waals surface area contributed by atoms with Crippen LogP contribution >= 0.6 is 0 Å². The summed E-state index contributed by atoms with van der Waals surface area (Å²) in [6.45, 7) is 3.21. The van der Waals surface area contributed by atoms with Gasteiger partial charge in [-0.05, 0) is 20.3 Å². The molecule has 4 N–H and O–H groups in total. The molecule has 0 aliphatic rings. The number of carbonyl (C=O) groups is 2. The molecule has 2 amide bonds. The number of urea groups is 1. The molecule has 0 saturated heterocycles. The van der Waals surface area contributed by atoms with Crippen molar-refractivity contribution in [2.75, 3.05) is 20.1 Å². The van der Waals surface area contributed by atoms with Crippen LogP contribution in [0.1, 0.15) is 26.7 Å². The third kappa shape index (κ3) is 7.86. The van der Waals surface area contributed by atoms with Crippen LogP contribution in [0.25, 0.3) is 0 Å². The molecule has 0 saturated carbocycles. The largest absolute Gasteiger partial charge is 0.481 e. The Morgan fingerprint density at radius 1 is 1.44 bits per heavy atom. The number of carboxylic acid groups (broad SMARTS) is 1. The topological polar surface area (TPSA) is 110 Å². The van der Waals surface area contributed by atoms with Gasteiger partial charge in [0, 0.05) is 20.1 Å². The van der Waals surface area contributed by atoms with Crippen LogP contribution in [0.4, 0.5) is 4.79 Å². The lowest BCUT2D eigenvalue weighted by atomic mass is 10.0. The van der Waals surface area contributed by atoms with Crippen LogP contribution in [-0.2, 0) is 4.79 Å². The minimum absolute atomic E-state index is 0.142. The fraction of sp³-hybridized carbons (Fsp3) is 0.818. The monoisotopic (exact) mass is 262 g/mol. The van der Waals surface area contributed by atoms with Crippen molar-refractivity contribution < 1.29 is 24.9 Å². The van der Waals surface area contributed by atoms with Crippen LogP contribution in [0.15, 0.2) is 0 Å². The second-order valence-corrected chi connectivity index (χ2v) is 4.79. The number of rotatable bonds is 7. The molecular formula is C11H22N2O5. The minimum atomic E-state index is -1.48. The minimum Gasteiger partial charge on any atom is -0.481 e. The number of nitrogens with zero attached hydrogens (tertiary/aromatic N) is 1. The Morgan fingerprint density at radius 3 is 2.44 bits per heavy atom. The van der Waals surface area contributed by atoms with Crippen molar-refractivity contribution in [2.24, 2.45) is 0 Å². The summed E-state index contributed by atoms with van der Waals surface area (Å²) in [5.74, 6) is -1.13. The molecule has 0 aromatic carbocycles. The second-order valence-electron chi connectivity index (χ2n) is 4.79. The molecule has 0 aliphatic heterocycles. The van der Waals surface area contributed by atoms with Gasteiger partial charge in [0.1, 0.15) is 0 Å². The van der Waals surface area contributed by atoms with Gasteiger partial charge in [0.15, 0.2) is 0 Å². The molecule has 0 spiro atoms. The van der Waals surface area contributed by atoms with E-state index in [1.807, 2.05) is 0 Å². The molecule has 0 aliphatic carbocycles. The van der Waals surface area contributed by atoms with Gasteiger partial charge < -0.3 is 25.5 Å². The fourth-order valence-corrected chi connectivity index (χ4v) is 1.27. The van der Waals surface area contributed by atoms with Gasteiger partial charge in [-0.3, -0.25) is 4.79 Å². The number of nitrogens with one attached hydrogen (secondary N) is 1. The van der Waals surface area contributed by atoms with E-state index in [1.54, 1.807) is 14.0 Å². The van der Waals surface area contributed by atoms with Crippen LogP contribution in [0.5, 0.6) is 0 Å². The van der Waals surface area contributed by atoms with Gasteiger partial charge in [-0.2, -0.15) is 0 Å². The summed E-state index contributed by atoms with van der Waals surface area (Å²) in [5.41, 5.74) is -1.48. The highest BCUT2D eigenvalue weighted by Gasteiger charge is 2.25. The standard InChI is InChI=1S/C11H22N2O5/c1-8(14)4-5-13(3)10(17)12-7-11(2,18)6-9(15)16/h8,14,18H,4-7H2,1-3H3,(H,12,17)(H,15,16). The zero-order chi connectivity index (χ0) is 14.3. The van der Waals surface area contributed by atoms with Crippen molar-refractivity contribution in [1.82, 2.24) is 10.2 Å². The molecule has 7 nitrogen and oxygen atoms in total. The average Bonchev–Trinajstić information content (AvgIpc) is 2.20. The lowest BCUT2D eigenvalue weighted by molar-refractivity contribution is -0.141. The number of hydrogen-bond acceptors (Lipinski definition) is 4. The highest BCUT2D eigenvalue weighted by molar-refractivity contribution is 5.74. The van der Waals surface area contributed by atoms with Crippen LogP contribution in [-0.4, -0.2) is 64.1 Å². The molecule has 0 aromatic rings. The molecule has 0 fully saturated rings. The summed E-state index contributed by atoms with van der Waals surface area (Å²) < 4.78 is 0. The zero-order valence-electron chi connectivity index (χ0n) is 11.0. The number of aliphatic carboxylic acids is 1. The van der Waals surface area contributed by atoms with E-state index in [4.69, 9.17) is 10.2 Å². The summed E-state index contributed by atoms with van der Waals surface area (Å²) in [5, 5.41) is 29.8. The van der Waals surface area contributed by atoms with E-state index in [9.17, 15) is 14.7 Å². The molecule has 0 aromatic heterocycles. The third-order valence-corrected chi connectivity index (χ3v) is 2.38. The van der Waals surface area contributed by atoms with Crippen molar-refractivity contribution in [1.29, 1.82) is 0 Å². The summed E-state index contributed by atoms with van der Waals surface area (Å²) in [4.78, 5) is 23.4. The molecule has 2 unspecified atom stereocenters. The Balaban J connectivity index is 4.05. The SMILES string of the molecule is CC(O)CCN(C)C(=O)NCC(C)(O)CC(=O)O. The van der Waals surface area contributed by atoms with Gasteiger partial charge in [-0.1, -0.05) is 0 Å². The number of aliphatic hydroxyl groups is 2. The molecule has 18 heavy (non-hydrogen) atoms. The van der Waals surface area contributed by atoms with Gasteiger partial charge in [0.05, 0.1) is 18.1 Å². The first-order chi connectivity index (χ1) is 8.14. The van der Waals surface area contributed by atoms with Gasteiger partial charge >= 0.3 is 12.0 Å². The first kappa shape index (κ1) is 16.7. The van der Waals surface area contributed by atoms with Crippen molar-refractivity contribution in [3.05, 3.63) is 0 Å². The Morgan fingerprint density at radius 2 is 2.00 bits per heavy atom. The molecule has 106 valence electrons. The van der Waals surface area contributed by atoms with Crippen LogP contribution in [0.3, 0.4) is 0 Å². The van der Waals surface area contributed by atoms with E-state index >= 15 is 0 Å². The number of amides is 2. The maximum absolute atomic E-state index is 11.6. The maximum atomic E-state index is 11.6. The van der Waals surface area contributed by atoms with Crippen molar-refractivity contribution >= 4 is 12.0 Å². The lowest BCUT2D eigenvalue weighted by Gasteiger charge is -2.24. The van der Waals surface area contributed by atoms with E-state index in [1.165, 1.54) is 11.8 Å². The third-order valence-electron chi connectivity index (χ3n) is 2.38. The van der Waals surface area contributed by atoms with Gasteiger partial charge in [-0.25, -0.2) is 4.79 Å². The van der Waals surface area contributed by atoms with E-state index in [0.717, 1.165) is 0 Å². The first-order valence-corrected chi connectivity index (χ1v) is 5.75. The fourth-order valence-electron chi connectivity index (χ4n) is 1.27. The highest BCUT2D eigenvalue weighted by Crippen LogP contribution is 2.07. The summed E-state index contributed by atoms with van der Waals surface area (Å²) in [6.07, 6.45) is -0.476. The van der Waals surface area contributed by atoms with Gasteiger partial charge in [0.25, 0.3) is 0 Å². The number of hydrogen-bond donors (Lipinski definition) is 4. The molecule has 2 atom stereocenters. The summed E-state index contributed by atoms with van der Waals surface area (Å²) >= 11 is 0. The van der Waals surface area contributed by atoms with Crippen molar-refractivity contribution in [3.8, 4) is 0 Å². The zero-order valence-corrected chi connectivity index (χ0v) is 11.0. The Labute approximate surface area is 106 Å². The molecule has 7 heteroatoms. The number of aliphatic hydroxyl groups excluding tert-OH is 1.